The minimum absolute atomic E-state index is 0.0563. The van der Waals surface area contributed by atoms with Crippen molar-refractivity contribution in [1.82, 2.24) is 9.88 Å². The molecule has 3 aromatic rings. The third-order valence-electron chi connectivity index (χ3n) is 5.55. The average molecular weight is 376 g/mol. The van der Waals surface area contributed by atoms with E-state index in [9.17, 15) is 4.79 Å². The molecule has 1 amide bonds. The van der Waals surface area contributed by atoms with Crippen molar-refractivity contribution in [3.05, 3.63) is 77.5 Å². The van der Waals surface area contributed by atoms with E-state index in [1.165, 1.54) is 28.5 Å². The van der Waals surface area contributed by atoms with E-state index in [1.54, 1.807) is 4.90 Å². The summed E-state index contributed by atoms with van der Waals surface area (Å²) in [6.45, 7) is 1.18. The maximum Gasteiger partial charge on any atom is 0.409 e. The molecule has 142 valence electrons. The fourth-order valence-corrected chi connectivity index (χ4v) is 4.05. The Hall–Kier alpha value is -3.12. The van der Waals surface area contributed by atoms with E-state index in [0.717, 1.165) is 0 Å². The van der Waals surface area contributed by atoms with Crippen LogP contribution in [0.3, 0.4) is 0 Å². The molecule has 1 saturated heterocycles. The van der Waals surface area contributed by atoms with Crippen LogP contribution < -0.4 is 0 Å². The number of likely N-dealkylation sites (tertiary alicyclic amines) is 1. The van der Waals surface area contributed by atoms with Crippen molar-refractivity contribution in [2.45, 2.75) is 18.4 Å². The third-order valence-corrected chi connectivity index (χ3v) is 5.55. The Labute approximate surface area is 162 Å². The zero-order chi connectivity index (χ0) is 19.1. The van der Waals surface area contributed by atoms with Crippen molar-refractivity contribution in [2.75, 3.05) is 19.7 Å². The number of carbonyl (C=O) groups excluding carboxylic acids is 1. The van der Waals surface area contributed by atoms with Gasteiger partial charge in [0.1, 0.15) is 19.0 Å². The van der Waals surface area contributed by atoms with Gasteiger partial charge in [-0.1, -0.05) is 48.5 Å². The van der Waals surface area contributed by atoms with Crippen LogP contribution in [0.25, 0.3) is 11.1 Å². The van der Waals surface area contributed by atoms with Crippen molar-refractivity contribution in [3.8, 4) is 11.1 Å². The SMILES string of the molecule is O=C(OCC1c2ccccc2-c2ccccc21)N1CC(c2ncc(CO)o2)C1. The van der Waals surface area contributed by atoms with Crippen LogP contribution in [-0.2, 0) is 11.3 Å². The van der Waals surface area contributed by atoms with Crippen LogP contribution in [0.4, 0.5) is 4.79 Å². The Morgan fingerprint density at radius 2 is 1.75 bits per heavy atom. The Balaban J connectivity index is 1.23. The summed E-state index contributed by atoms with van der Waals surface area (Å²) in [7, 11) is 0. The predicted octanol–water partition coefficient (Wildman–Crippen LogP) is 3.52. The zero-order valence-electron chi connectivity index (χ0n) is 15.2. The van der Waals surface area contributed by atoms with Gasteiger partial charge in [-0.25, -0.2) is 9.78 Å². The number of fused-ring (bicyclic) bond motifs is 3. The second-order valence-electron chi connectivity index (χ2n) is 7.23. The summed E-state index contributed by atoms with van der Waals surface area (Å²) in [5.74, 6) is 1.12. The van der Waals surface area contributed by atoms with E-state index < -0.39 is 0 Å². The molecule has 0 radical (unpaired) electrons. The fraction of sp³-hybridized carbons (Fsp3) is 0.273. The highest BCUT2D eigenvalue weighted by molar-refractivity contribution is 5.79. The first-order valence-electron chi connectivity index (χ1n) is 9.40. The Bertz CT molecular complexity index is 977. The number of aliphatic hydroxyl groups excluding tert-OH is 1. The molecule has 6 nitrogen and oxygen atoms in total. The number of oxazole rings is 1. The van der Waals surface area contributed by atoms with Crippen molar-refractivity contribution in [3.63, 3.8) is 0 Å². The molecule has 0 spiro atoms. The summed E-state index contributed by atoms with van der Waals surface area (Å²) < 4.78 is 11.1. The third kappa shape index (κ3) is 2.77. The number of ether oxygens (including phenoxy) is 1. The molecular formula is C22H20N2O4. The van der Waals surface area contributed by atoms with Crippen LogP contribution in [0.1, 0.15) is 34.6 Å². The molecule has 1 aliphatic carbocycles. The quantitative estimate of drug-likeness (QED) is 0.754. The summed E-state index contributed by atoms with van der Waals surface area (Å²) in [5.41, 5.74) is 4.84. The minimum atomic E-state index is -0.313. The van der Waals surface area contributed by atoms with Gasteiger partial charge in [-0.3, -0.25) is 0 Å². The number of hydrogen-bond acceptors (Lipinski definition) is 5. The summed E-state index contributed by atoms with van der Waals surface area (Å²) in [4.78, 5) is 18.3. The highest BCUT2D eigenvalue weighted by Gasteiger charge is 2.37. The van der Waals surface area contributed by atoms with Crippen molar-refractivity contribution < 1.29 is 19.1 Å². The molecule has 1 N–H and O–H groups in total. The van der Waals surface area contributed by atoms with Gasteiger partial charge in [-0.2, -0.15) is 0 Å². The molecule has 2 aromatic carbocycles. The first-order chi connectivity index (χ1) is 13.7. The molecule has 0 saturated carbocycles. The number of nitrogens with zero attached hydrogens (tertiary/aromatic N) is 2. The number of aromatic nitrogens is 1. The molecule has 2 aliphatic rings. The molecule has 6 heteroatoms. The molecule has 1 aromatic heterocycles. The van der Waals surface area contributed by atoms with E-state index in [-0.39, 0.29) is 24.5 Å². The lowest BCUT2D eigenvalue weighted by Gasteiger charge is -2.36. The number of rotatable bonds is 4. The molecule has 2 heterocycles. The maximum absolute atomic E-state index is 12.5. The Kier molecular flexibility index (Phi) is 4.13. The standard InChI is InChI=1S/C22H20N2O4/c25-12-15-9-23-21(28-15)14-10-24(11-14)22(26)27-13-20-18-7-3-1-5-16(18)17-6-2-4-8-19(17)20/h1-9,14,20,25H,10-13H2. The van der Waals surface area contributed by atoms with Crippen LogP contribution in [-0.4, -0.2) is 40.8 Å². The normalized spacial score (nSPS) is 15.8. The van der Waals surface area contributed by atoms with Crippen LogP contribution in [0.15, 0.2) is 59.1 Å². The summed E-state index contributed by atoms with van der Waals surface area (Å²) in [6.07, 6.45) is 1.21. The molecule has 5 rings (SSSR count). The molecular weight excluding hydrogens is 356 g/mol. The minimum Gasteiger partial charge on any atom is -0.448 e. The highest BCUT2D eigenvalue weighted by atomic mass is 16.6. The van der Waals surface area contributed by atoms with Gasteiger partial charge in [0.05, 0.1) is 12.1 Å². The van der Waals surface area contributed by atoms with Gasteiger partial charge in [-0.15, -0.1) is 0 Å². The average Bonchev–Trinajstić information content (AvgIpc) is 3.28. The second kappa shape index (κ2) is 6.80. The van der Waals surface area contributed by atoms with Gasteiger partial charge in [0.15, 0.2) is 0 Å². The molecule has 28 heavy (non-hydrogen) atoms. The van der Waals surface area contributed by atoms with Gasteiger partial charge in [0.25, 0.3) is 0 Å². The number of hydrogen-bond donors (Lipinski definition) is 1. The zero-order valence-corrected chi connectivity index (χ0v) is 15.2. The molecule has 1 fully saturated rings. The Morgan fingerprint density at radius 3 is 2.36 bits per heavy atom. The van der Waals surface area contributed by atoms with Gasteiger partial charge in [0, 0.05) is 19.0 Å². The summed E-state index contributed by atoms with van der Waals surface area (Å²) in [5, 5.41) is 9.06. The van der Waals surface area contributed by atoms with Gasteiger partial charge in [0.2, 0.25) is 5.89 Å². The first kappa shape index (κ1) is 17.0. The van der Waals surface area contributed by atoms with Gasteiger partial charge < -0.3 is 19.2 Å². The van der Waals surface area contributed by atoms with Crippen molar-refractivity contribution in [1.29, 1.82) is 0 Å². The first-order valence-corrected chi connectivity index (χ1v) is 9.40. The number of aliphatic hydroxyl groups is 1. The number of benzene rings is 2. The van der Waals surface area contributed by atoms with Crippen LogP contribution in [0.5, 0.6) is 0 Å². The van der Waals surface area contributed by atoms with E-state index in [1.807, 2.05) is 24.3 Å². The van der Waals surface area contributed by atoms with E-state index >= 15 is 0 Å². The lowest BCUT2D eigenvalue weighted by atomic mass is 9.98. The maximum atomic E-state index is 12.5. The van der Waals surface area contributed by atoms with Gasteiger partial charge in [-0.05, 0) is 22.3 Å². The number of carbonyl (C=O) groups is 1. The van der Waals surface area contributed by atoms with Crippen LogP contribution >= 0.6 is 0 Å². The lowest BCUT2D eigenvalue weighted by Crippen LogP contribution is -2.49. The Morgan fingerprint density at radius 1 is 1.11 bits per heavy atom. The molecule has 0 atom stereocenters. The predicted molar refractivity (Wildman–Crippen MR) is 102 cm³/mol. The number of amides is 1. The molecule has 0 unspecified atom stereocenters. The van der Waals surface area contributed by atoms with E-state index in [2.05, 4.69) is 29.2 Å². The molecule has 0 bridgehead atoms. The van der Waals surface area contributed by atoms with Crippen LogP contribution in [0.2, 0.25) is 0 Å². The van der Waals surface area contributed by atoms with Gasteiger partial charge >= 0.3 is 6.09 Å². The largest absolute Gasteiger partial charge is 0.448 e. The summed E-state index contributed by atoms with van der Waals surface area (Å²) in [6, 6.07) is 16.6. The second-order valence-corrected chi connectivity index (χ2v) is 7.23. The van der Waals surface area contributed by atoms with E-state index in [4.69, 9.17) is 14.3 Å². The monoisotopic (exact) mass is 376 g/mol. The van der Waals surface area contributed by atoms with Crippen molar-refractivity contribution in [2.24, 2.45) is 0 Å². The van der Waals surface area contributed by atoms with Crippen molar-refractivity contribution >= 4 is 6.09 Å². The summed E-state index contributed by atoms with van der Waals surface area (Å²) >= 11 is 0. The van der Waals surface area contributed by atoms with Crippen LogP contribution in [0, 0.1) is 0 Å². The molecule has 1 aliphatic heterocycles. The lowest BCUT2D eigenvalue weighted by molar-refractivity contribution is 0.0642. The highest BCUT2D eigenvalue weighted by Crippen LogP contribution is 2.44. The topological polar surface area (TPSA) is 75.8 Å². The smallest absolute Gasteiger partial charge is 0.409 e. The fourth-order valence-electron chi connectivity index (χ4n) is 4.05. The van der Waals surface area contributed by atoms with E-state index in [0.29, 0.717) is 31.3 Å².